The van der Waals surface area contributed by atoms with Crippen molar-refractivity contribution < 1.29 is 9.53 Å². The van der Waals surface area contributed by atoms with Gasteiger partial charge in [-0.05, 0) is 38.0 Å². The van der Waals surface area contributed by atoms with Crippen LogP contribution in [0.2, 0.25) is 0 Å². The molecule has 0 spiro atoms. The van der Waals surface area contributed by atoms with Crippen LogP contribution >= 0.6 is 0 Å². The number of hydrogen-bond donors (Lipinski definition) is 2. The topological polar surface area (TPSA) is 50.4 Å². The van der Waals surface area contributed by atoms with Gasteiger partial charge < -0.3 is 15.4 Å². The van der Waals surface area contributed by atoms with Crippen molar-refractivity contribution in [1.82, 2.24) is 10.6 Å². The van der Waals surface area contributed by atoms with Gasteiger partial charge in [0.2, 0.25) is 5.91 Å². The SMILES string of the molecule is CCNC(=O)CCNC(C)Cc1ccc(OC)cc1. The monoisotopic (exact) mass is 264 g/mol. The molecule has 4 nitrogen and oxygen atoms in total. The van der Waals surface area contributed by atoms with Crippen molar-refractivity contribution in [3.8, 4) is 5.75 Å². The minimum absolute atomic E-state index is 0.103. The van der Waals surface area contributed by atoms with E-state index in [1.807, 2.05) is 19.1 Å². The molecule has 4 heteroatoms. The number of carbonyl (C=O) groups is 1. The summed E-state index contributed by atoms with van der Waals surface area (Å²) in [5, 5.41) is 6.15. The van der Waals surface area contributed by atoms with Crippen molar-refractivity contribution >= 4 is 5.91 Å². The Morgan fingerprint density at radius 1 is 1.32 bits per heavy atom. The zero-order valence-electron chi connectivity index (χ0n) is 12.0. The average molecular weight is 264 g/mol. The molecule has 1 aromatic carbocycles. The Hall–Kier alpha value is -1.55. The highest BCUT2D eigenvalue weighted by atomic mass is 16.5. The van der Waals surface area contributed by atoms with Crippen molar-refractivity contribution in [1.29, 1.82) is 0 Å². The van der Waals surface area contributed by atoms with Crippen LogP contribution in [-0.4, -0.2) is 32.1 Å². The van der Waals surface area contributed by atoms with Crippen LogP contribution in [0, 0.1) is 0 Å². The van der Waals surface area contributed by atoms with Crippen LogP contribution in [0.4, 0.5) is 0 Å². The van der Waals surface area contributed by atoms with Crippen LogP contribution in [0.3, 0.4) is 0 Å². The summed E-state index contributed by atoms with van der Waals surface area (Å²) in [4.78, 5) is 11.3. The maximum atomic E-state index is 11.3. The molecule has 1 unspecified atom stereocenters. The molecule has 0 aliphatic carbocycles. The molecule has 0 saturated carbocycles. The van der Waals surface area contributed by atoms with Crippen LogP contribution in [0.25, 0.3) is 0 Å². The third-order valence-electron chi connectivity index (χ3n) is 2.92. The summed E-state index contributed by atoms with van der Waals surface area (Å²) in [7, 11) is 1.67. The Morgan fingerprint density at radius 2 is 2.00 bits per heavy atom. The van der Waals surface area contributed by atoms with E-state index in [4.69, 9.17) is 4.74 Å². The van der Waals surface area contributed by atoms with E-state index < -0.39 is 0 Å². The van der Waals surface area contributed by atoms with E-state index in [0.717, 1.165) is 12.2 Å². The lowest BCUT2D eigenvalue weighted by atomic mass is 10.1. The van der Waals surface area contributed by atoms with E-state index in [9.17, 15) is 4.79 Å². The van der Waals surface area contributed by atoms with E-state index in [1.165, 1.54) is 5.56 Å². The first kappa shape index (κ1) is 15.5. The summed E-state index contributed by atoms with van der Waals surface area (Å²) < 4.78 is 5.13. The van der Waals surface area contributed by atoms with Crippen LogP contribution in [0.15, 0.2) is 24.3 Å². The summed E-state index contributed by atoms with van der Waals surface area (Å²) in [6, 6.07) is 8.43. The second kappa shape index (κ2) is 8.53. The third kappa shape index (κ3) is 6.25. The largest absolute Gasteiger partial charge is 0.497 e. The van der Waals surface area contributed by atoms with Crippen molar-refractivity contribution in [3.63, 3.8) is 0 Å². The van der Waals surface area contributed by atoms with E-state index >= 15 is 0 Å². The summed E-state index contributed by atoms with van der Waals surface area (Å²) in [6.07, 6.45) is 1.47. The average Bonchev–Trinajstić information content (AvgIpc) is 2.40. The van der Waals surface area contributed by atoms with E-state index in [0.29, 0.717) is 25.6 Å². The first-order chi connectivity index (χ1) is 9.15. The number of benzene rings is 1. The first-order valence-corrected chi connectivity index (χ1v) is 6.78. The molecule has 0 aromatic heterocycles. The maximum absolute atomic E-state index is 11.3. The lowest BCUT2D eigenvalue weighted by Gasteiger charge is -2.14. The Balaban J connectivity index is 2.26. The molecule has 1 rings (SSSR count). The first-order valence-electron chi connectivity index (χ1n) is 6.78. The highest BCUT2D eigenvalue weighted by Crippen LogP contribution is 2.12. The summed E-state index contributed by atoms with van der Waals surface area (Å²) in [5.41, 5.74) is 1.26. The van der Waals surface area contributed by atoms with Crippen molar-refractivity contribution in [3.05, 3.63) is 29.8 Å². The minimum atomic E-state index is 0.103. The van der Waals surface area contributed by atoms with Gasteiger partial charge in [0.05, 0.1) is 7.11 Å². The molecule has 2 N–H and O–H groups in total. The molecule has 0 aliphatic rings. The molecule has 0 heterocycles. The van der Waals surface area contributed by atoms with Gasteiger partial charge in [0.25, 0.3) is 0 Å². The predicted molar refractivity (Wildman–Crippen MR) is 77.5 cm³/mol. The minimum Gasteiger partial charge on any atom is -0.497 e. The molecule has 0 saturated heterocycles. The Kier molecular flexibility index (Phi) is 6.97. The second-order valence-electron chi connectivity index (χ2n) is 4.61. The Bertz CT molecular complexity index is 376. The zero-order chi connectivity index (χ0) is 14.1. The van der Waals surface area contributed by atoms with Gasteiger partial charge in [-0.1, -0.05) is 12.1 Å². The van der Waals surface area contributed by atoms with Crippen LogP contribution in [-0.2, 0) is 11.2 Å². The van der Waals surface area contributed by atoms with Gasteiger partial charge in [0.1, 0.15) is 5.75 Å². The quantitative estimate of drug-likeness (QED) is 0.752. The van der Waals surface area contributed by atoms with Gasteiger partial charge in [-0.2, -0.15) is 0 Å². The molecular formula is C15H24N2O2. The molecule has 106 valence electrons. The van der Waals surface area contributed by atoms with Gasteiger partial charge in [-0.25, -0.2) is 0 Å². The van der Waals surface area contributed by atoms with E-state index in [1.54, 1.807) is 7.11 Å². The van der Waals surface area contributed by atoms with E-state index in [-0.39, 0.29) is 5.91 Å². The molecular weight excluding hydrogens is 240 g/mol. The maximum Gasteiger partial charge on any atom is 0.221 e. The highest BCUT2D eigenvalue weighted by Gasteiger charge is 2.05. The van der Waals surface area contributed by atoms with Crippen LogP contribution in [0.1, 0.15) is 25.8 Å². The number of ether oxygens (including phenoxy) is 1. The molecule has 1 aromatic rings. The zero-order valence-corrected chi connectivity index (χ0v) is 12.0. The van der Waals surface area contributed by atoms with Gasteiger partial charge in [-0.3, -0.25) is 4.79 Å². The lowest BCUT2D eigenvalue weighted by Crippen LogP contribution is -2.33. The standard InChI is InChI=1S/C15H24N2O2/c1-4-16-15(18)9-10-17-12(2)11-13-5-7-14(19-3)8-6-13/h5-8,12,17H,4,9-11H2,1-3H3,(H,16,18). The molecule has 0 radical (unpaired) electrons. The number of hydrogen-bond acceptors (Lipinski definition) is 3. The Morgan fingerprint density at radius 3 is 2.58 bits per heavy atom. The van der Waals surface area contributed by atoms with Crippen LogP contribution in [0.5, 0.6) is 5.75 Å². The molecule has 0 fully saturated rings. The number of nitrogens with one attached hydrogen (secondary N) is 2. The summed E-state index contributed by atoms with van der Waals surface area (Å²) in [6.45, 7) is 5.46. The summed E-state index contributed by atoms with van der Waals surface area (Å²) in [5.74, 6) is 0.979. The van der Waals surface area contributed by atoms with Crippen molar-refractivity contribution in [2.75, 3.05) is 20.2 Å². The molecule has 19 heavy (non-hydrogen) atoms. The lowest BCUT2D eigenvalue weighted by molar-refractivity contribution is -0.120. The predicted octanol–water partition coefficient (Wildman–Crippen LogP) is 1.74. The number of amides is 1. The number of carbonyl (C=O) groups excluding carboxylic acids is 1. The molecule has 1 amide bonds. The molecule has 0 aliphatic heterocycles. The van der Waals surface area contributed by atoms with Crippen LogP contribution < -0.4 is 15.4 Å². The van der Waals surface area contributed by atoms with Crippen molar-refractivity contribution in [2.45, 2.75) is 32.7 Å². The summed E-state index contributed by atoms with van der Waals surface area (Å²) >= 11 is 0. The van der Waals surface area contributed by atoms with E-state index in [2.05, 4.69) is 29.7 Å². The second-order valence-corrected chi connectivity index (χ2v) is 4.61. The van der Waals surface area contributed by atoms with Gasteiger partial charge >= 0.3 is 0 Å². The number of rotatable bonds is 8. The molecule has 0 bridgehead atoms. The molecule has 1 atom stereocenters. The van der Waals surface area contributed by atoms with Gasteiger partial charge in [0, 0.05) is 25.6 Å². The highest BCUT2D eigenvalue weighted by molar-refractivity contribution is 5.75. The fourth-order valence-corrected chi connectivity index (χ4v) is 1.90. The van der Waals surface area contributed by atoms with Gasteiger partial charge in [-0.15, -0.1) is 0 Å². The number of methoxy groups -OCH3 is 1. The third-order valence-corrected chi connectivity index (χ3v) is 2.92. The van der Waals surface area contributed by atoms with Crippen molar-refractivity contribution in [2.24, 2.45) is 0 Å². The Labute approximate surface area is 115 Å². The smallest absolute Gasteiger partial charge is 0.221 e. The van der Waals surface area contributed by atoms with Gasteiger partial charge in [0.15, 0.2) is 0 Å². The fourth-order valence-electron chi connectivity index (χ4n) is 1.90. The fraction of sp³-hybridized carbons (Fsp3) is 0.533. The normalized spacial score (nSPS) is 11.9.